The van der Waals surface area contributed by atoms with Crippen molar-refractivity contribution in [3.8, 4) is 6.07 Å². The molecule has 1 aliphatic carbocycles. The number of aliphatic hydroxyl groups is 1. The van der Waals surface area contributed by atoms with Crippen LogP contribution in [0.3, 0.4) is 0 Å². The average molecular weight is 220 g/mol. The van der Waals surface area contributed by atoms with Crippen LogP contribution in [-0.4, -0.2) is 18.3 Å². The van der Waals surface area contributed by atoms with Gasteiger partial charge in [0.2, 0.25) is 0 Å². The number of benzene rings is 1. The Morgan fingerprint density at radius 1 is 1.56 bits per heavy atom. The van der Waals surface area contributed by atoms with Gasteiger partial charge in [-0.3, -0.25) is 5.32 Å². The summed E-state index contributed by atoms with van der Waals surface area (Å²) in [5, 5.41) is 21.1. The molecule has 0 spiro atoms. The number of hydrogen-bond donors (Lipinski definition) is 2. The molecule has 1 aliphatic rings. The molecule has 0 heterocycles. The van der Waals surface area contributed by atoms with Crippen molar-refractivity contribution in [2.75, 3.05) is 13.2 Å². The monoisotopic (exact) mass is 220 g/mol. The van der Waals surface area contributed by atoms with E-state index in [1.807, 2.05) is 0 Å². The van der Waals surface area contributed by atoms with Gasteiger partial charge >= 0.3 is 0 Å². The van der Waals surface area contributed by atoms with Crippen molar-refractivity contribution in [2.24, 2.45) is 0 Å². The van der Waals surface area contributed by atoms with Crippen LogP contribution in [0.4, 0.5) is 4.39 Å². The average Bonchev–Trinajstić information content (AvgIpc) is 2.68. The predicted molar refractivity (Wildman–Crippen MR) is 57.1 cm³/mol. The molecule has 0 aromatic heterocycles. The zero-order valence-corrected chi connectivity index (χ0v) is 8.83. The first-order valence-electron chi connectivity index (χ1n) is 5.28. The fourth-order valence-electron chi connectivity index (χ4n) is 2.27. The summed E-state index contributed by atoms with van der Waals surface area (Å²) in [5.74, 6) is -0.250. The van der Waals surface area contributed by atoms with Gasteiger partial charge in [0.05, 0.1) is 12.7 Å². The van der Waals surface area contributed by atoms with Crippen molar-refractivity contribution in [1.82, 2.24) is 5.32 Å². The molecule has 4 heteroatoms. The number of halogens is 1. The molecule has 0 amide bonds. The highest BCUT2D eigenvalue weighted by molar-refractivity contribution is 5.44. The number of rotatable bonds is 3. The molecule has 0 bridgehead atoms. The Morgan fingerprint density at radius 3 is 3.06 bits per heavy atom. The maximum absolute atomic E-state index is 13.5. The summed E-state index contributed by atoms with van der Waals surface area (Å²) in [5.41, 5.74) is 0.498. The molecule has 0 saturated carbocycles. The van der Waals surface area contributed by atoms with Gasteiger partial charge in [0.25, 0.3) is 0 Å². The number of nitrogens with zero attached hydrogens (tertiary/aromatic N) is 1. The first-order chi connectivity index (χ1) is 7.73. The largest absolute Gasteiger partial charge is 0.395 e. The SMILES string of the molecule is N#CC1(NCCO)CCc2c(F)cccc21. The Morgan fingerprint density at radius 2 is 2.38 bits per heavy atom. The van der Waals surface area contributed by atoms with E-state index in [1.54, 1.807) is 12.1 Å². The third-order valence-corrected chi connectivity index (χ3v) is 3.06. The highest BCUT2D eigenvalue weighted by Crippen LogP contribution is 2.37. The Balaban J connectivity index is 2.40. The van der Waals surface area contributed by atoms with Crippen molar-refractivity contribution in [1.29, 1.82) is 5.26 Å². The Kier molecular flexibility index (Phi) is 2.90. The van der Waals surface area contributed by atoms with Crippen LogP contribution in [-0.2, 0) is 12.0 Å². The summed E-state index contributed by atoms with van der Waals surface area (Å²) in [4.78, 5) is 0. The molecule has 1 atom stereocenters. The quantitative estimate of drug-likeness (QED) is 0.801. The molecule has 1 aromatic carbocycles. The van der Waals surface area contributed by atoms with Crippen LogP contribution in [0.2, 0.25) is 0 Å². The number of fused-ring (bicyclic) bond motifs is 1. The molecule has 1 unspecified atom stereocenters. The maximum atomic E-state index is 13.5. The second-order valence-electron chi connectivity index (χ2n) is 3.93. The van der Waals surface area contributed by atoms with E-state index in [4.69, 9.17) is 5.11 Å². The van der Waals surface area contributed by atoms with Crippen LogP contribution in [0.1, 0.15) is 17.5 Å². The third-order valence-electron chi connectivity index (χ3n) is 3.06. The summed E-state index contributed by atoms with van der Waals surface area (Å²) in [6.45, 7) is 0.303. The Bertz CT molecular complexity index is 441. The van der Waals surface area contributed by atoms with Crippen LogP contribution < -0.4 is 5.32 Å². The zero-order valence-electron chi connectivity index (χ0n) is 8.83. The van der Waals surface area contributed by atoms with Crippen LogP contribution in [0.25, 0.3) is 0 Å². The normalized spacial score (nSPS) is 22.8. The summed E-state index contributed by atoms with van der Waals surface area (Å²) >= 11 is 0. The van der Waals surface area contributed by atoms with Crippen molar-refractivity contribution in [2.45, 2.75) is 18.4 Å². The van der Waals surface area contributed by atoms with Gasteiger partial charge in [-0.2, -0.15) is 5.26 Å². The smallest absolute Gasteiger partial charge is 0.133 e. The minimum absolute atomic E-state index is 0.0337. The van der Waals surface area contributed by atoms with Gasteiger partial charge in [-0.05, 0) is 30.0 Å². The maximum Gasteiger partial charge on any atom is 0.133 e. The lowest BCUT2D eigenvalue weighted by Crippen LogP contribution is -2.40. The molecule has 2 rings (SSSR count). The molecule has 0 fully saturated rings. The molecule has 84 valence electrons. The van der Waals surface area contributed by atoms with E-state index in [-0.39, 0.29) is 12.4 Å². The molecule has 16 heavy (non-hydrogen) atoms. The summed E-state index contributed by atoms with van der Waals surface area (Å²) < 4.78 is 13.5. The Hall–Kier alpha value is -1.44. The van der Waals surface area contributed by atoms with E-state index < -0.39 is 5.54 Å². The highest BCUT2D eigenvalue weighted by Gasteiger charge is 2.39. The number of hydrogen-bond acceptors (Lipinski definition) is 3. The van der Waals surface area contributed by atoms with Gasteiger partial charge < -0.3 is 5.11 Å². The van der Waals surface area contributed by atoms with Crippen molar-refractivity contribution < 1.29 is 9.50 Å². The molecular formula is C12H13FN2O. The van der Waals surface area contributed by atoms with Crippen molar-refractivity contribution >= 4 is 0 Å². The van der Waals surface area contributed by atoms with Crippen LogP contribution in [0, 0.1) is 17.1 Å². The van der Waals surface area contributed by atoms with Gasteiger partial charge in [-0.15, -0.1) is 0 Å². The zero-order chi connectivity index (χ0) is 11.6. The third kappa shape index (κ3) is 1.58. The van der Waals surface area contributed by atoms with E-state index in [2.05, 4.69) is 11.4 Å². The molecule has 0 radical (unpaired) electrons. The van der Waals surface area contributed by atoms with Gasteiger partial charge in [-0.25, -0.2) is 4.39 Å². The van der Waals surface area contributed by atoms with Crippen molar-refractivity contribution in [3.63, 3.8) is 0 Å². The molecule has 2 N–H and O–H groups in total. The molecule has 0 aliphatic heterocycles. The minimum Gasteiger partial charge on any atom is -0.395 e. The van der Waals surface area contributed by atoms with Crippen LogP contribution >= 0.6 is 0 Å². The summed E-state index contributed by atoms with van der Waals surface area (Å²) in [6, 6.07) is 7.02. The predicted octanol–water partition coefficient (Wildman–Crippen LogP) is 1.07. The minimum atomic E-state index is -0.833. The summed E-state index contributed by atoms with van der Waals surface area (Å²) in [7, 11) is 0. The molecule has 3 nitrogen and oxygen atoms in total. The molecule has 1 aromatic rings. The number of nitrogens with one attached hydrogen (secondary N) is 1. The fourth-order valence-corrected chi connectivity index (χ4v) is 2.27. The first-order valence-corrected chi connectivity index (χ1v) is 5.28. The second-order valence-corrected chi connectivity index (χ2v) is 3.93. The lowest BCUT2D eigenvalue weighted by atomic mass is 9.93. The van der Waals surface area contributed by atoms with E-state index in [0.29, 0.717) is 30.5 Å². The topological polar surface area (TPSA) is 56.0 Å². The number of aliphatic hydroxyl groups excluding tert-OH is 1. The lowest BCUT2D eigenvalue weighted by Gasteiger charge is -2.23. The van der Waals surface area contributed by atoms with Gasteiger partial charge in [0.1, 0.15) is 11.4 Å². The van der Waals surface area contributed by atoms with Gasteiger partial charge in [-0.1, -0.05) is 12.1 Å². The van der Waals surface area contributed by atoms with Crippen molar-refractivity contribution in [3.05, 3.63) is 35.1 Å². The van der Waals surface area contributed by atoms with E-state index in [1.165, 1.54) is 6.07 Å². The van der Waals surface area contributed by atoms with E-state index in [0.717, 1.165) is 0 Å². The second kappa shape index (κ2) is 4.20. The van der Waals surface area contributed by atoms with Gasteiger partial charge in [0.15, 0.2) is 0 Å². The molecule has 0 saturated heterocycles. The standard InChI is InChI=1S/C12H13FN2O/c13-11-3-1-2-10-9(11)4-5-12(10,8-14)15-6-7-16/h1-3,15-16H,4-7H2. The first kappa shape index (κ1) is 11.1. The lowest BCUT2D eigenvalue weighted by molar-refractivity contribution is 0.272. The van der Waals surface area contributed by atoms with E-state index in [9.17, 15) is 9.65 Å². The van der Waals surface area contributed by atoms with E-state index >= 15 is 0 Å². The summed E-state index contributed by atoms with van der Waals surface area (Å²) in [6.07, 6.45) is 1.12. The highest BCUT2D eigenvalue weighted by atomic mass is 19.1. The number of nitriles is 1. The van der Waals surface area contributed by atoms with Gasteiger partial charge in [0, 0.05) is 6.54 Å². The Labute approximate surface area is 93.5 Å². The van der Waals surface area contributed by atoms with Crippen LogP contribution in [0.15, 0.2) is 18.2 Å². The molecular weight excluding hydrogens is 207 g/mol. The fraction of sp³-hybridized carbons (Fsp3) is 0.417. The van der Waals surface area contributed by atoms with Crippen LogP contribution in [0.5, 0.6) is 0 Å².